The molecule has 3 aliphatic rings. The van der Waals surface area contributed by atoms with Gasteiger partial charge in [0.2, 0.25) is 0 Å². The molecule has 3 heterocycles. The molecule has 1 aromatic carbocycles. The Balaban J connectivity index is 1.34. The fourth-order valence-electron chi connectivity index (χ4n) is 4.60. The largest absolute Gasteiger partial charge is 0.506 e. The summed E-state index contributed by atoms with van der Waals surface area (Å²) in [7, 11) is 1.88. The first-order valence-corrected chi connectivity index (χ1v) is 11.8. The van der Waals surface area contributed by atoms with E-state index in [9.17, 15) is 5.11 Å². The fraction of sp³-hybridized carbons (Fsp3) is 0.667. The van der Waals surface area contributed by atoms with Crippen molar-refractivity contribution in [3.8, 4) is 5.75 Å². The van der Waals surface area contributed by atoms with Crippen molar-refractivity contribution in [3.05, 3.63) is 24.3 Å². The molecule has 3 saturated heterocycles. The number of nitrogens with one attached hydrogen (secondary N) is 1. The minimum absolute atomic E-state index is 0.210. The molecule has 0 bridgehead atoms. The zero-order chi connectivity index (χ0) is 20.1. The van der Waals surface area contributed by atoms with Crippen LogP contribution in [0.4, 0.5) is 5.69 Å². The van der Waals surface area contributed by atoms with Gasteiger partial charge in [-0.3, -0.25) is 9.89 Å². The number of phenolic OH excluding ortho intramolecular Hbond substituents is 1. The number of aromatic hydroxyl groups is 1. The van der Waals surface area contributed by atoms with Crippen molar-refractivity contribution >= 4 is 23.4 Å². The van der Waals surface area contributed by atoms with Gasteiger partial charge in [0.25, 0.3) is 0 Å². The number of rotatable bonds is 4. The van der Waals surface area contributed by atoms with Crippen LogP contribution >= 0.6 is 11.8 Å². The van der Waals surface area contributed by atoms with Gasteiger partial charge in [0.05, 0.1) is 18.9 Å². The molecular formula is C21H33N5O2S. The second-order valence-electron chi connectivity index (χ2n) is 7.99. The minimum atomic E-state index is 0.210. The summed E-state index contributed by atoms with van der Waals surface area (Å²) in [4.78, 5) is 11.8. The quantitative estimate of drug-likeness (QED) is 0.563. The maximum atomic E-state index is 10.1. The molecule has 160 valence electrons. The van der Waals surface area contributed by atoms with E-state index in [0.29, 0.717) is 5.75 Å². The van der Waals surface area contributed by atoms with Crippen LogP contribution in [-0.2, 0) is 4.74 Å². The molecule has 0 amide bonds. The van der Waals surface area contributed by atoms with Crippen LogP contribution in [0.5, 0.6) is 5.75 Å². The lowest BCUT2D eigenvalue weighted by Gasteiger charge is -2.44. The molecule has 1 aromatic rings. The Hall–Kier alpha value is -1.64. The molecule has 1 atom stereocenters. The highest BCUT2D eigenvalue weighted by Gasteiger charge is 2.41. The van der Waals surface area contributed by atoms with Crippen molar-refractivity contribution in [2.24, 2.45) is 4.99 Å². The number of morpholine rings is 1. The van der Waals surface area contributed by atoms with Gasteiger partial charge in [-0.05, 0) is 24.3 Å². The highest BCUT2D eigenvalue weighted by Crippen LogP contribution is 2.33. The average Bonchev–Trinajstić information content (AvgIpc) is 3.26. The molecular weight excluding hydrogens is 386 g/mol. The second kappa shape index (κ2) is 9.45. The third-order valence-electron chi connectivity index (χ3n) is 6.35. The van der Waals surface area contributed by atoms with Gasteiger partial charge in [-0.25, -0.2) is 0 Å². The molecule has 29 heavy (non-hydrogen) atoms. The summed E-state index contributed by atoms with van der Waals surface area (Å²) in [6.45, 7) is 8.23. The van der Waals surface area contributed by atoms with E-state index in [1.165, 1.54) is 17.9 Å². The zero-order valence-electron chi connectivity index (χ0n) is 17.3. The van der Waals surface area contributed by atoms with Crippen LogP contribution in [-0.4, -0.2) is 104 Å². The van der Waals surface area contributed by atoms with E-state index in [1.807, 2.05) is 25.2 Å². The molecule has 0 spiro atoms. The molecule has 3 fully saturated rings. The molecule has 2 N–H and O–H groups in total. The standard InChI is InChI=1S/C21H33N5O2S/c1-22-20(23-16-21(6-15-29-17-21)26-11-13-28-14-12-26)25-9-7-24(8-10-25)18-4-2-3-5-19(18)27/h2-5,27H,6-17H2,1H3,(H,22,23). The highest BCUT2D eigenvalue weighted by molar-refractivity contribution is 7.99. The summed E-state index contributed by atoms with van der Waals surface area (Å²) in [5.41, 5.74) is 1.13. The maximum Gasteiger partial charge on any atom is 0.193 e. The van der Waals surface area contributed by atoms with Gasteiger partial charge >= 0.3 is 0 Å². The Kier molecular flexibility index (Phi) is 6.72. The molecule has 4 rings (SSSR count). The minimum Gasteiger partial charge on any atom is -0.506 e. The van der Waals surface area contributed by atoms with E-state index in [0.717, 1.165) is 70.7 Å². The summed E-state index contributed by atoms with van der Waals surface area (Å²) in [5, 5.41) is 13.8. The number of thioether (sulfide) groups is 1. The molecule has 0 radical (unpaired) electrons. The SMILES string of the molecule is CN=C(NCC1(N2CCOCC2)CCSC1)N1CCN(c2ccccc2O)CC1. The summed E-state index contributed by atoms with van der Waals surface area (Å²) >= 11 is 2.06. The van der Waals surface area contributed by atoms with Gasteiger partial charge in [0.1, 0.15) is 5.75 Å². The first kappa shape index (κ1) is 20.6. The Bertz CT molecular complexity index is 696. The number of hydrogen-bond donors (Lipinski definition) is 2. The number of aliphatic imine (C=N–C) groups is 1. The lowest BCUT2D eigenvalue weighted by Crippen LogP contribution is -2.61. The maximum absolute atomic E-state index is 10.1. The van der Waals surface area contributed by atoms with E-state index < -0.39 is 0 Å². The Morgan fingerprint density at radius 2 is 1.93 bits per heavy atom. The smallest absolute Gasteiger partial charge is 0.193 e. The number of benzene rings is 1. The third kappa shape index (κ3) is 4.59. The molecule has 7 nitrogen and oxygen atoms in total. The van der Waals surface area contributed by atoms with Crippen LogP contribution in [0.25, 0.3) is 0 Å². The van der Waals surface area contributed by atoms with E-state index in [4.69, 9.17) is 4.74 Å². The van der Waals surface area contributed by atoms with Crippen molar-refractivity contribution in [1.29, 1.82) is 0 Å². The van der Waals surface area contributed by atoms with E-state index >= 15 is 0 Å². The number of nitrogens with zero attached hydrogens (tertiary/aromatic N) is 4. The topological polar surface area (TPSA) is 63.6 Å². The molecule has 0 saturated carbocycles. The van der Waals surface area contributed by atoms with E-state index in [1.54, 1.807) is 6.07 Å². The van der Waals surface area contributed by atoms with Crippen LogP contribution in [0.3, 0.4) is 0 Å². The van der Waals surface area contributed by atoms with Crippen LogP contribution in [0, 0.1) is 0 Å². The van der Waals surface area contributed by atoms with Gasteiger partial charge in [0.15, 0.2) is 5.96 Å². The van der Waals surface area contributed by atoms with Crippen molar-refractivity contribution in [2.75, 3.05) is 82.5 Å². The predicted molar refractivity (Wildman–Crippen MR) is 120 cm³/mol. The van der Waals surface area contributed by atoms with Crippen molar-refractivity contribution in [3.63, 3.8) is 0 Å². The normalized spacial score (nSPS) is 26.7. The van der Waals surface area contributed by atoms with Gasteiger partial charge in [-0.1, -0.05) is 12.1 Å². The van der Waals surface area contributed by atoms with Crippen LogP contribution in [0.15, 0.2) is 29.3 Å². The van der Waals surface area contributed by atoms with Gasteiger partial charge in [-0.2, -0.15) is 11.8 Å². The zero-order valence-corrected chi connectivity index (χ0v) is 18.2. The fourth-order valence-corrected chi connectivity index (χ4v) is 6.08. The second-order valence-corrected chi connectivity index (χ2v) is 9.10. The lowest BCUT2D eigenvalue weighted by molar-refractivity contribution is -0.0121. The number of ether oxygens (including phenoxy) is 1. The first-order chi connectivity index (χ1) is 14.2. The average molecular weight is 420 g/mol. The number of para-hydroxylation sites is 2. The Labute approximate surface area is 178 Å². The highest BCUT2D eigenvalue weighted by atomic mass is 32.2. The van der Waals surface area contributed by atoms with Gasteiger partial charge < -0.3 is 25.0 Å². The Morgan fingerprint density at radius 1 is 1.17 bits per heavy atom. The van der Waals surface area contributed by atoms with Crippen LogP contribution in [0.1, 0.15) is 6.42 Å². The van der Waals surface area contributed by atoms with E-state index in [2.05, 4.69) is 36.8 Å². The van der Waals surface area contributed by atoms with Gasteiger partial charge in [-0.15, -0.1) is 0 Å². The third-order valence-corrected chi connectivity index (χ3v) is 7.59. The monoisotopic (exact) mass is 419 g/mol. The molecule has 8 heteroatoms. The Morgan fingerprint density at radius 3 is 2.59 bits per heavy atom. The molecule has 0 aromatic heterocycles. The first-order valence-electron chi connectivity index (χ1n) is 10.6. The van der Waals surface area contributed by atoms with Gasteiger partial charge in [0, 0.05) is 64.2 Å². The van der Waals surface area contributed by atoms with Crippen molar-refractivity contribution < 1.29 is 9.84 Å². The number of phenols is 1. The number of anilines is 1. The number of guanidine groups is 1. The molecule has 3 aliphatic heterocycles. The number of piperazine rings is 1. The lowest BCUT2D eigenvalue weighted by atomic mass is 9.95. The summed E-state index contributed by atoms with van der Waals surface area (Å²) in [6.07, 6.45) is 1.22. The summed E-state index contributed by atoms with van der Waals surface area (Å²) in [5.74, 6) is 3.76. The molecule has 0 aliphatic carbocycles. The van der Waals surface area contributed by atoms with Crippen LogP contribution in [0.2, 0.25) is 0 Å². The number of hydrogen-bond acceptors (Lipinski definition) is 6. The summed E-state index contributed by atoms with van der Waals surface area (Å²) in [6, 6.07) is 7.59. The molecule has 1 unspecified atom stereocenters. The predicted octanol–water partition coefficient (Wildman–Crippen LogP) is 1.30. The van der Waals surface area contributed by atoms with Crippen molar-refractivity contribution in [2.45, 2.75) is 12.0 Å². The van der Waals surface area contributed by atoms with Crippen molar-refractivity contribution in [1.82, 2.24) is 15.1 Å². The van der Waals surface area contributed by atoms with Crippen LogP contribution < -0.4 is 10.2 Å². The summed E-state index contributed by atoms with van der Waals surface area (Å²) < 4.78 is 5.58. The van der Waals surface area contributed by atoms with E-state index in [-0.39, 0.29) is 5.54 Å².